The van der Waals surface area contributed by atoms with E-state index in [1.807, 2.05) is 43.3 Å². The number of rotatable bonds is 3. The molecule has 3 aromatic rings. The van der Waals surface area contributed by atoms with E-state index in [1.54, 1.807) is 34.6 Å². The summed E-state index contributed by atoms with van der Waals surface area (Å²) in [6.07, 6.45) is 0. The van der Waals surface area contributed by atoms with Gasteiger partial charge in [0.2, 0.25) is 0 Å². The van der Waals surface area contributed by atoms with Crippen molar-refractivity contribution < 1.29 is 4.79 Å². The molecule has 0 radical (unpaired) electrons. The van der Waals surface area contributed by atoms with Gasteiger partial charge in [-0.3, -0.25) is 19.6 Å². The molecule has 0 aliphatic heterocycles. The third-order valence-electron chi connectivity index (χ3n) is 4.11. The number of amides is 1. The minimum absolute atomic E-state index is 0.0740. The summed E-state index contributed by atoms with van der Waals surface area (Å²) in [5.74, 6) is -0.331. The molecule has 8 heteroatoms. The van der Waals surface area contributed by atoms with E-state index in [2.05, 4.69) is 33.2 Å². The van der Waals surface area contributed by atoms with E-state index in [4.69, 9.17) is 12.2 Å². The van der Waals surface area contributed by atoms with Crippen LogP contribution in [0.15, 0.2) is 59.4 Å². The van der Waals surface area contributed by atoms with Crippen molar-refractivity contribution in [2.75, 3.05) is 5.32 Å². The highest BCUT2D eigenvalue weighted by Crippen LogP contribution is 2.14. The number of aromatic nitrogens is 2. The maximum Gasteiger partial charge on any atom is 0.295 e. The summed E-state index contributed by atoms with van der Waals surface area (Å²) >= 11 is 7.37. The first kappa shape index (κ1) is 19.3. The molecule has 0 aliphatic rings. The lowest BCUT2D eigenvalue weighted by Gasteiger charge is -2.09. The Balaban J connectivity index is 1.83. The van der Waals surface area contributed by atoms with E-state index in [0.29, 0.717) is 16.9 Å². The number of nitrogens with one attached hydrogen (secondary N) is 2. The van der Waals surface area contributed by atoms with E-state index >= 15 is 0 Å². The number of hydrogen-bond acceptors (Lipinski definition) is 3. The summed E-state index contributed by atoms with van der Waals surface area (Å²) in [5.41, 5.74) is 2.03. The van der Waals surface area contributed by atoms with Crippen LogP contribution in [0.4, 0.5) is 5.69 Å². The number of benzene rings is 2. The molecule has 0 unspecified atom stereocenters. The highest BCUT2D eigenvalue weighted by Gasteiger charge is 2.18. The number of para-hydroxylation sites is 1. The van der Waals surface area contributed by atoms with Gasteiger partial charge in [0.15, 0.2) is 5.11 Å². The van der Waals surface area contributed by atoms with Gasteiger partial charge in [-0.15, -0.1) is 0 Å². The smallest absolute Gasteiger partial charge is 0.295 e. The first-order valence-electron chi connectivity index (χ1n) is 8.10. The zero-order valence-corrected chi connectivity index (χ0v) is 17.7. The Morgan fingerprint density at radius 2 is 1.81 bits per heavy atom. The minimum Gasteiger partial charge on any atom is -0.326 e. The molecule has 2 N–H and O–H groups in total. The molecule has 6 nitrogen and oxygen atoms in total. The van der Waals surface area contributed by atoms with E-state index in [9.17, 15) is 9.59 Å². The fourth-order valence-electron chi connectivity index (χ4n) is 2.66. The van der Waals surface area contributed by atoms with Gasteiger partial charge in [-0.25, -0.2) is 4.68 Å². The van der Waals surface area contributed by atoms with Crippen LogP contribution < -0.4 is 16.2 Å². The molecule has 1 amide bonds. The summed E-state index contributed by atoms with van der Waals surface area (Å²) in [5, 5.41) is 5.56. The Hall–Kier alpha value is -2.46. The molecule has 0 atom stereocenters. The number of nitrogens with zero attached hydrogens (tertiary/aromatic N) is 2. The van der Waals surface area contributed by atoms with Crippen molar-refractivity contribution in [2.24, 2.45) is 7.05 Å². The Labute approximate surface area is 175 Å². The monoisotopic (exact) mass is 492 g/mol. The van der Waals surface area contributed by atoms with Crippen molar-refractivity contribution in [3.63, 3.8) is 0 Å². The highest BCUT2D eigenvalue weighted by molar-refractivity contribution is 14.1. The fourth-order valence-corrected chi connectivity index (χ4v) is 3.40. The van der Waals surface area contributed by atoms with Crippen LogP contribution in [0, 0.1) is 10.5 Å². The van der Waals surface area contributed by atoms with Gasteiger partial charge in [-0.05, 0) is 72.1 Å². The van der Waals surface area contributed by atoms with Crippen LogP contribution in [0.3, 0.4) is 0 Å². The Kier molecular flexibility index (Phi) is 5.76. The summed E-state index contributed by atoms with van der Waals surface area (Å²) in [6.45, 7) is 1.81. The zero-order chi connectivity index (χ0) is 19.6. The van der Waals surface area contributed by atoms with Gasteiger partial charge < -0.3 is 5.32 Å². The Morgan fingerprint density at radius 1 is 1.11 bits per heavy atom. The first-order chi connectivity index (χ1) is 12.9. The van der Waals surface area contributed by atoms with Crippen LogP contribution in [0.2, 0.25) is 0 Å². The second-order valence-corrected chi connectivity index (χ2v) is 7.51. The number of thiocarbonyl (C=S) groups is 1. The predicted molar refractivity (Wildman–Crippen MR) is 119 cm³/mol. The minimum atomic E-state index is -0.331. The first-order valence-corrected chi connectivity index (χ1v) is 9.59. The van der Waals surface area contributed by atoms with E-state index < -0.39 is 0 Å². The van der Waals surface area contributed by atoms with Gasteiger partial charge in [-0.1, -0.05) is 24.3 Å². The lowest BCUT2D eigenvalue weighted by molar-refractivity contribution is 0.0977. The predicted octanol–water partition coefficient (Wildman–Crippen LogP) is 3.22. The van der Waals surface area contributed by atoms with Crippen LogP contribution in [-0.2, 0) is 7.05 Å². The van der Waals surface area contributed by atoms with Gasteiger partial charge in [0.05, 0.1) is 11.4 Å². The lowest BCUT2D eigenvalue weighted by atomic mass is 10.2. The molecule has 27 heavy (non-hydrogen) atoms. The van der Waals surface area contributed by atoms with Gasteiger partial charge in [0.25, 0.3) is 11.5 Å². The van der Waals surface area contributed by atoms with Crippen LogP contribution in [0.25, 0.3) is 5.69 Å². The van der Waals surface area contributed by atoms with Gasteiger partial charge >= 0.3 is 0 Å². The zero-order valence-electron chi connectivity index (χ0n) is 14.7. The van der Waals surface area contributed by atoms with Gasteiger partial charge in [-0.2, -0.15) is 0 Å². The van der Waals surface area contributed by atoms with Crippen molar-refractivity contribution in [1.29, 1.82) is 0 Å². The Bertz CT molecular complexity index is 1070. The van der Waals surface area contributed by atoms with Crippen LogP contribution in [0.1, 0.15) is 16.1 Å². The third kappa shape index (κ3) is 4.11. The normalized spacial score (nSPS) is 10.5. The van der Waals surface area contributed by atoms with Crippen molar-refractivity contribution in [2.45, 2.75) is 6.92 Å². The molecule has 3 rings (SSSR count). The molecule has 1 heterocycles. The molecule has 1 aromatic heterocycles. The summed E-state index contributed by atoms with van der Waals surface area (Å²) in [6, 6.07) is 16.5. The lowest BCUT2D eigenvalue weighted by Crippen LogP contribution is -2.35. The summed E-state index contributed by atoms with van der Waals surface area (Å²) < 4.78 is 4.23. The van der Waals surface area contributed by atoms with Crippen molar-refractivity contribution >= 4 is 51.5 Å². The third-order valence-corrected chi connectivity index (χ3v) is 4.98. The van der Waals surface area contributed by atoms with Crippen molar-refractivity contribution in [3.8, 4) is 5.69 Å². The molecular weight excluding hydrogens is 475 g/mol. The maximum atomic E-state index is 12.9. The second-order valence-electron chi connectivity index (χ2n) is 5.86. The van der Waals surface area contributed by atoms with Crippen molar-refractivity contribution in [1.82, 2.24) is 14.7 Å². The molecule has 0 aliphatic carbocycles. The van der Waals surface area contributed by atoms with Crippen LogP contribution in [0.5, 0.6) is 0 Å². The van der Waals surface area contributed by atoms with E-state index in [1.165, 1.54) is 0 Å². The second kappa shape index (κ2) is 8.05. The molecule has 0 fully saturated rings. The van der Waals surface area contributed by atoms with E-state index in [0.717, 1.165) is 9.26 Å². The highest BCUT2D eigenvalue weighted by atomic mass is 127. The molecular formula is C19H17IN4O2S. The standard InChI is InChI=1S/C19H17IN4O2S/c1-12-16(18(26)24(23(12)2)15-9-4-3-5-10-15)21-19(27)22-17(25)13-7-6-8-14(20)11-13/h3-11H,1-2H3,(H2,21,22,25,27). The largest absolute Gasteiger partial charge is 0.326 e. The topological polar surface area (TPSA) is 68.1 Å². The average Bonchev–Trinajstić information content (AvgIpc) is 2.86. The molecule has 2 aromatic carbocycles. The number of halogens is 1. The maximum absolute atomic E-state index is 12.9. The van der Waals surface area contributed by atoms with Gasteiger partial charge in [0, 0.05) is 16.2 Å². The van der Waals surface area contributed by atoms with E-state index in [-0.39, 0.29) is 16.6 Å². The van der Waals surface area contributed by atoms with Crippen LogP contribution in [-0.4, -0.2) is 20.4 Å². The molecule has 138 valence electrons. The fraction of sp³-hybridized carbons (Fsp3) is 0.105. The number of anilines is 1. The summed E-state index contributed by atoms with van der Waals surface area (Å²) in [4.78, 5) is 25.2. The van der Waals surface area contributed by atoms with Crippen LogP contribution >= 0.6 is 34.8 Å². The van der Waals surface area contributed by atoms with Crippen molar-refractivity contribution in [3.05, 3.63) is 79.8 Å². The number of hydrogen-bond donors (Lipinski definition) is 2. The number of carbonyl (C=O) groups excluding carboxylic acids is 1. The Morgan fingerprint density at radius 3 is 2.48 bits per heavy atom. The van der Waals surface area contributed by atoms with Gasteiger partial charge in [0.1, 0.15) is 5.69 Å². The number of carbonyl (C=O) groups is 1. The molecule has 0 saturated heterocycles. The molecule has 0 bridgehead atoms. The SMILES string of the molecule is Cc1c(NC(=S)NC(=O)c2cccc(I)c2)c(=O)n(-c2ccccc2)n1C. The quantitative estimate of drug-likeness (QED) is 0.436. The average molecular weight is 492 g/mol. The molecule has 0 saturated carbocycles. The molecule has 0 spiro atoms. The summed E-state index contributed by atoms with van der Waals surface area (Å²) in [7, 11) is 1.79.